The lowest BCUT2D eigenvalue weighted by Crippen LogP contribution is -2.39. The van der Waals surface area contributed by atoms with E-state index in [1.54, 1.807) is 4.90 Å². The van der Waals surface area contributed by atoms with Gasteiger partial charge in [-0.05, 0) is 37.1 Å². The minimum atomic E-state index is -4.63. The summed E-state index contributed by atoms with van der Waals surface area (Å²) in [6, 6.07) is 4.54. The van der Waals surface area contributed by atoms with Crippen LogP contribution in [0.4, 0.5) is 8.78 Å². The molecule has 0 aliphatic carbocycles. The van der Waals surface area contributed by atoms with E-state index in [0.717, 1.165) is 25.0 Å². The maximum atomic E-state index is 12.4. The lowest BCUT2D eigenvalue weighted by atomic mass is 10.1. The zero-order valence-corrected chi connectivity index (χ0v) is 12.0. The van der Waals surface area contributed by atoms with Gasteiger partial charge in [0.05, 0.1) is 4.90 Å². The number of hydrogen-bond acceptors (Lipinski definition) is 4. The Hall–Kier alpha value is -1.54. The highest BCUT2D eigenvalue weighted by molar-refractivity contribution is 7.91. The van der Waals surface area contributed by atoms with E-state index in [4.69, 9.17) is 5.73 Å². The zero-order valence-electron chi connectivity index (χ0n) is 11.2. The standard InChI is InChI=1S/C13H16F2N2O3S/c14-13(15)21(19,20)11-5-3-9(4-6-11)12(18)17-7-1-2-10(17)8-16/h3-6,10,13H,1-2,7-8,16H2. The number of likely N-dealkylation sites (tertiary alicyclic amines) is 1. The number of nitrogens with two attached hydrogens (primary N) is 1. The molecule has 0 bridgehead atoms. The number of sulfone groups is 1. The van der Waals surface area contributed by atoms with E-state index in [2.05, 4.69) is 0 Å². The highest BCUT2D eigenvalue weighted by Gasteiger charge is 2.29. The number of halogens is 2. The van der Waals surface area contributed by atoms with Crippen LogP contribution >= 0.6 is 0 Å². The first-order valence-electron chi connectivity index (χ1n) is 6.51. The van der Waals surface area contributed by atoms with Crippen molar-refractivity contribution in [3.63, 3.8) is 0 Å². The summed E-state index contributed by atoms with van der Waals surface area (Å²) in [5.41, 5.74) is 5.87. The van der Waals surface area contributed by atoms with Crippen molar-refractivity contribution in [3.8, 4) is 0 Å². The van der Waals surface area contributed by atoms with Gasteiger partial charge in [-0.2, -0.15) is 8.78 Å². The summed E-state index contributed by atoms with van der Waals surface area (Å²) in [5, 5.41) is 0. The number of benzene rings is 1. The van der Waals surface area contributed by atoms with E-state index < -0.39 is 20.5 Å². The molecule has 0 saturated carbocycles. The van der Waals surface area contributed by atoms with Crippen LogP contribution in [0.15, 0.2) is 29.2 Å². The lowest BCUT2D eigenvalue weighted by Gasteiger charge is -2.23. The molecule has 0 radical (unpaired) electrons. The molecule has 116 valence electrons. The Morgan fingerprint density at radius 3 is 2.48 bits per heavy atom. The Morgan fingerprint density at radius 1 is 1.33 bits per heavy atom. The van der Waals surface area contributed by atoms with Crippen molar-refractivity contribution >= 4 is 15.7 Å². The monoisotopic (exact) mass is 318 g/mol. The fourth-order valence-electron chi connectivity index (χ4n) is 2.40. The summed E-state index contributed by atoms with van der Waals surface area (Å²) < 4.78 is 47.5. The van der Waals surface area contributed by atoms with Gasteiger partial charge in [0.2, 0.25) is 9.84 Å². The highest BCUT2D eigenvalue weighted by atomic mass is 32.2. The number of amides is 1. The van der Waals surface area contributed by atoms with E-state index in [1.807, 2.05) is 0 Å². The molecule has 2 N–H and O–H groups in total. The predicted molar refractivity (Wildman–Crippen MR) is 72.7 cm³/mol. The minimum Gasteiger partial charge on any atom is -0.334 e. The summed E-state index contributed by atoms with van der Waals surface area (Å²) in [7, 11) is -4.63. The van der Waals surface area contributed by atoms with E-state index in [-0.39, 0.29) is 17.5 Å². The molecule has 1 saturated heterocycles. The van der Waals surface area contributed by atoms with Crippen LogP contribution in [0.3, 0.4) is 0 Å². The molecule has 0 aromatic heterocycles. The van der Waals surface area contributed by atoms with Gasteiger partial charge in [0.15, 0.2) is 0 Å². The predicted octanol–water partition coefficient (Wildman–Crippen LogP) is 1.25. The average Bonchev–Trinajstić information content (AvgIpc) is 2.94. The number of alkyl halides is 2. The van der Waals surface area contributed by atoms with Crippen molar-refractivity contribution in [2.45, 2.75) is 29.5 Å². The lowest BCUT2D eigenvalue weighted by molar-refractivity contribution is 0.0741. The van der Waals surface area contributed by atoms with Gasteiger partial charge in [0.25, 0.3) is 5.91 Å². The first-order chi connectivity index (χ1) is 9.87. The van der Waals surface area contributed by atoms with Crippen LogP contribution in [0.1, 0.15) is 23.2 Å². The first kappa shape index (κ1) is 15.8. The minimum absolute atomic E-state index is 0.0260. The van der Waals surface area contributed by atoms with Gasteiger partial charge in [-0.25, -0.2) is 8.42 Å². The summed E-state index contributed by atoms with van der Waals surface area (Å²) in [5.74, 6) is -3.73. The SMILES string of the molecule is NCC1CCCN1C(=O)c1ccc(S(=O)(=O)C(F)F)cc1. The molecule has 0 spiro atoms. The second-order valence-electron chi connectivity index (χ2n) is 4.86. The molecule has 1 fully saturated rings. The first-order valence-corrected chi connectivity index (χ1v) is 8.05. The van der Waals surface area contributed by atoms with Crippen molar-refractivity contribution in [3.05, 3.63) is 29.8 Å². The van der Waals surface area contributed by atoms with Crippen molar-refractivity contribution < 1.29 is 22.0 Å². The molecule has 1 heterocycles. The van der Waals surface area contributed by atoms with Crippen molar-refractivity contribution in [1.29, 1.82) is 0 Å². The largest absolute Gasteiger partial charge is 0.341 e. The summed E-state index contributed by atoms with van der Waals surface area (Å²) in [6.45, 7) is 0.960. The maximum absolute atomic E-state index is 12.4. The third kappa shape index (κ3) is 3.06. The van der Waals surface area contributed by atoms with Crippen LogP contribution in [0, 0.1) is 0 Å². The van der Waals surface area contributed by atoms with Crippen molar-refractivity contribution in [1.82, 2.24) is 4.90 Å². The van der Waals surface area contributed by atoms with Crippen LogP contribution in [0.25, 0.3) is 0 Å². The highest BCUT2D eigenvalue weighted by Crippen LogP contribution is 2.22. The molecular weight excluding hydrogens is 302 g/mol. The Balaban J connectivity index is 2.21. The quantitative estimate of drug-likeness (QED) is 0.906. The fourth-order valence-corrected chi connectivity index (χ4v) is 3.13. The van der Waals surface area contributed by atoms with Gasteiger partial charge in [-0.1, -0.05) is 0 Å². The summed E-state index contributed by atoms with van der Waals surface area (Å²) >= 11 is 0. The molecule has 2 rings (SSSR count). The maximum Gasteiger partial charge on any atom is 0.341 e. The second-order valence-corrected chi connectivity index (χ2v) is 6.78. The Morgan fingerprint density at radius 2 is 1.95 bits per heavy atom. The number of carbonyl (C=O) groups is 1. The molecule has 1 aromatic carbocycles. The normalized spacial score (nSPS) is 19.2. The van der Waals surface area contributed by atoms with Gasteiger partial charge < -0.3 is 10.6 Å². The number of carbonyl (C=O) groups excluding carboxylic acids is 1. The molecule has 1 unspecified atom stereocenters. The number of hydrogen-bond donors (Lipinski definition) is 1. The van der Waals surface area contributed by atoms with Gasteiger partial charge in [-0.3, -0.25) is 4.79 Å². The third-order valence-electron chi connectivity index (χ3n) is 3.57. The zero-order chi connectivity index (χ0) is 15.6. The molecular formula is C13H16F2N2O3S. The Kier molecular flexibility index (Phi) is 4.58. The molecule has 21 heavy (non-hydrogen) atoms. The summed E-state index contributed by atoms with van der Waals surface area (Å²) in [6.07, 6.45) is 1.70. The van der Waals surface area contributed by atoms with Crippen LogP contribution in [0.5, 0.6) is 0 Å². The molecule has 5 nitrogen and oxygen atoms in total. The van der Waals surface area contributed by atoms with E-state index >= 15 is 0 Å². The molecule has 1 aromatic rings. The summed E-state index contributed by atoms with van der Waals surface area (Å²) in [4.78, 5) is 13.4. The number of rotatable bonds is 4. The van der Waals surface area contributed by atoms with Crippen LogP contribution in [-0.2, 0) is 9.84 Å². The van der Waals surface area contributed by atoms with Crippen molar-refractivity contribution in [2.75, 3.05) is 13.1 Å². The topological polar surface area (TPSA) is 80.5 Å². The van der Waals surface area contributed by atoms with Crippen molar-refractivity contribution in [2.24, 2.45) is 5.73 Å². The Labute approximate surface area is 121 Å². The van der Waals surface area contributed by atoms with Crippen LogP contribution in [-0.4, -0.2) is 44.1 Å². The third-order valence-corrected chi connectivity index (χ3v) is 4.97. The molecule has 1 amide bonds. The average molecular weight is 318 g/mol. The molecule has 1 atom stereocenters. The molecule has 8 heteroatoms. The van der Waals surface area contributed by atoms with E-state index in [9.17, 15) is 22.0 Å². The van der Waals surface area contributed by atoms with Gasteiger partial charge in [0.1, 0.15) is 0 Å². The number of nitrogens with zero attached hydrogens (tertiary/aromatic N) is 1. The van der Waals surface area contributed by atoms with Gasteiger partial charge >= 0.3 is 5.76 Å². The molecule has 1 aliphatic heterocycles. The fraction of sp³-hybridized carbons (Fsp3) is 0.462. The second kappa shape index (κ2) is 6.07. The van der Waals surface area contributed by atoms with Crippen LogP contribution < -0.4 is 5.73 Å². The van der Waals surface area contributed by atoms with Gasteiger partial charge in [-0.15, -0.1) is 0 Å². The van der Waals surface area contributed by atoms with Crippen LogP contribution in [0.2, 0.25) is 0 Å². The van der Waals surface area contributed by atoms with E-state index in [0.29, 0.717) is 13.1 Å². The molecule has 1 aliphatic rings. The van der Waals surface area contributed by atoms with Gasteiger partial charge in [0, 0.05) is 24.7 Å². The Bertz CT molecular complexity index is 617. The van der Waals surface area contributed by atoms with E-state index in [1.165, 1.54) is 12.1 Å². The smallest absolute Gasteiger partial charge is 0.334 e.